The first-order valence-electron chi connectivity index (χ1n) is 7.97. The first kappa shape index (κ1) is 16.4. The Kier molecular flexibility index (Phi) is 4.20. The average Bonchev–Trinajstić information content (AvgIpc) is 3.13. The van der Waals surface area contributed by atoms with Gasteiger partial charge >= 0.3 is 0 Å². The third-order valence-electron chi connectivity index (χ3n) is 4.90. The number of carbonyl (C=O) groups is 1. The van der Waals surface area contributed by atoms with Gasteiger partial charge in [0.05, 0.1) is 4.90 Å². The van der Waals surface area contributed by atoms with E-state index in [1.807, 2.05) is 13.0 Å². The second-order valence-corrected chi connectivity index (χ2v) is 8.42. The fraction of sp³-hybridized carbons (Fsp3) is 0.562. The maximum Gasteiger partial charge on any atom is 0.243 e. The van der Waals surface area contributed by atoms with E-state index in [9.17, 15) is 13.2 Å². The van der Waals surface area contributed by atoms with Crippen molar-refractivity contribution in [3.63, 3.8) is 0 Å². The van der Waals surface area contributed by atoms with Crippen LogP contribution in [0.25, 0.3) is 0 Å². The number of benzene rings is 1. The Labute approximate surface area is 137 Å². The summed E-state index contributed by atoms with van der Waals surface area (Å²) in [5.74, 6) is 0.143. The maximum absolute atomic E-state index is 12.9. The molecule has 0 saturated carbocycles. The molecule has 23 heavy (non-hydrogen) atoms. The minimum Gasteiger partial charge on any atom is -0.328 e. The molecule has 6 nitrogen and oxygen atoms in total. The number of hydrogen-bond acceptors (Lipinski definition) is 4. The van der Waals surface area contributed by atoms with Crippen molar-refractivity contribution in [3.8, 4) is 0 Å². The van der Waals surface area contributed by atoms with Gasteiger partial charge in [0.1, 0.15) is 0 Å². The lowest BCUT2D eigenvalue weighted by atomic mass is 10.0. The molecule has 0 bridgehead atoms. The second-order valence-electron chi connectivity index (χ2n) is 6.48. The molecule has 2 unspecified atom stereocenters. The smallest absolute Gasteiger partial charge is 0.243 e. The molecular weight excluding hydrogens is 314 g/mol. The first-order valence-corrected chi connectivity index (χ1v) is 9.41. The van der Waals surface area contributed by atoms with Crippen LogP contribution < -0.4 is 10.6 Å². The molecule has 3 rings (SSSR count). The van der Waals surface area contributed by atoms with Crippen molar-refractivity contribution in [2.75, 3.05) is 24.5 Å². The average molecular weight is 337 g/mol. The third kappa shape index (κ3) is 2.88. The standard InChI is InChI=1S/C16H23N3O3S/c1-11(17)14-5-7-18(10-14)23(21,22)15-4-3-13-6-8-19(12(2)20)16(13)9-15/h3-4,9,11,14H,5-8,10,17H2,1-2H3. The van der Waals surface area contributed by atoms with Gasteiger partial charge in [-0.1, -0.05) is 6.07 Å². The predicted molar refractivity (Wildman–Crippen MR) is 88.7 cm³/mol. The summed E-state index contributed by atoms with van der Waals surface area (Å²) in [5, 5.41) is 0. The van der Waals surface area contributed by atoms with Crippen molar-refractivity contribution in [2.24, 2.45) is 11.7 Å². The highest BCUT2D eigenvalue weighted by Gasteiger charge is 2.35. The number of sulfonamides is 1. The molecule has 126 valence electrons. The molecule has 2 aliphatic heterocycles. The Morgan fingerprint density at radius 3 is 2.70 bits per heavy atom. The van der Waals surface area contributed by atoms with Crippen molar-refractivity contribution in [1.82, 2.24) is 4.31 Å². The summed E-state index contributed by atoms with van der Waals surface area (Å²) < 4.78 is 27.2. The van der Waals surface area contributed by atoms with Gasteiger partial charge in [-0.05, 0) is 43.4 Å². The van der Waals surface area contributed by atoms with Gasteiger partial charge in [-0.15, -0.1) is 0 Å². The highest BCUT2D eigenvalue weighted by atomic mass is 32.2. The minimum absolute atomic E-state index is 0.0107. The van der Waals surface area contributed by atoms with Crippen molar-refractivity contribution in [3.05, 3.63) is 23.8 Å². The lowest BCUT2D eigenvalue weighted by Gasteiger charge is -2.20. The van der Waals surface area contributed by atoms with E-state index in [4.69, 9.17) is 5.73 Å². The fourth-order valence-electron chi connectivity index (χ4n) is 3.40. The molecule has 0 aliphatic carbocycles. The second kappa shape index (κ2) is 5.89. The van der Waals surface area contributed by atoms with Gasteiger partial charge in [-0.3, -0.25) is 4.79 Å². The van der Waals surface area contributed by atoms with Gasteiger partial charge < -0.3 is 10.6 Å². The molecular formula is C16H23N3O3S. The third-order valence-corrected chi connectivity index (χ3v) is 6.76. The van der Waals surface area contributed by atoms with E-state index in [1.165, 1.54) is 11.2 Å². The Morgan fingerprint density at radius 2 is 2.09 bits per heavy atom. The summed E-state index contributed by atoms with van der Waals surface area (Å²) in [6.07, 6.45) is 1.56. The molecule has 1 fully saturated rings. The van der Waals surface area contributed by atoms with Crippen LogP contribution in [-0.4, -0.2) is 44.3 Å². The molecule has 2 heterocycles. The van der Waals surface area contributed by atoms with Crippen LogP contribution in [0.3, 0.4) is 0 Å². The highest BCUT2D eigenvalue weighted by Crippen LogP contribution is 2.33. The Hall–Kier alpha value is -1.44. The molecule has 1 saturated heterocycles. The number of amides is 1. The van der Waals surface area contributed by atoms with E-state index in [1.54, 1.807) is 17.0 Å². The zero-order valence-electron chi connectivity index (χ0n) is 13.5. The molecule has 0 aromatic heterocycles. The number of fused-ring (bicyclic) bond motifs is 1. The van der Waals surface area contributed by atoms with Crippen molar-refractivity contribution < 1.29 is 13.2 Å². The molecule has 1 aromatic carbocycles. The molecule has 0 spiro atoms. The molecule has 2 atom stereocenters. The molecule has 1 aromatic rings. The highest BCUT2D eigenvalue weighted by molar-refractivity contribution is 7.89. The van der Waals surface area contributed by atoms with Crippen LogP contribution in [0.15, 0.2) is 23.1 Å². The van der Waals surface area contributed by atoms with Crippen LogP contribution in [0.4, 0.5) is 5.69 Å². The van der Waals surface area contributed by atoms with Crippen LogP contribution >= 0.6 is 0 Å². The quantitative estimate of drug-likeness (QED) is 0.890. The number of nitrogens with zero attached hydrogens (tertiary/aromatic N) is 2. The first-order chi connectivity index (χ1) is 10.8. The molecule has 2 N–H and O–H groups in total. The van der Waals surface area contributed by atoms with Gasteiger partial charge in [0, 0.05) is 38.3 Å². The molecule has 2 aliphatic rings. The maximum atomic E-state index is 12.9. The number of hydrogen-bond donors (Lipinski definition) is 1. The zero-order valence-corrected chi connectivity index (χ0v) is 14.3. The van der Waals surface area contributed by atoms with Crippen molar-refractivity contribution >= 4 is 21.6 Å². The van der Waals surface area contributed by atoms with E-state index in [-0.39, 0.29) is 22.8 Å². The lowest BCUT2D eigenvalue weighted by Crippen LogP contribution is -2.33. The largest absolute Gasteiger partial charge is 0.328 e. The van der Waals surface area contributed by atoms with Crippen molar-refractivity contribution in [2.45, 2.75) is 37.6 Å². The number of rotatable bonds is 3. The van der Waals surface area contributed by atoms with E-state index in [0.717, 1.165) is 24.1 Å². The van der Waals surface area contributed by atoms with Crippen LogP contribution in [0.5, 0.6) is 0 Å². The van der Waals surface area contributed by atoms with Crippen LogP contribution in [-0.2, 0) is 21.2 Å². The van der Waals surface area contributed by atoms with Gasteiger partial charge in [0.15, 0.2) is 0 Å². The van der Waals surface area contributed by atoms with E-state index in [0.29, 0.717) is 19.6 Å². The summed E-state index contributed by atoms with van der Waals surface area (Å²) in [6.45, 7) is 5.01. The van der Waals surface area contributed by atoms with Gasteiger partial charge in [-0.2, -0.15) is 4.31 Å². The van der Waals surface area contributed by atoms with E-state index in [2.05, 4.69) is 0 Å². The lowest BCUT2D eigenvalue weighted by molar-refractivity contribution is -0.116. The molecule has 0 radical (unpaired) electrons. The van der Waals surface area contributed by atoms with Crippen LogP contribution in [0.1, 0.15) is 25.8 Å². The van der Waals surface area contributed by atoms with E-state index < -0.39 is 10.0 Å². The Balaban J connectivity index is 1.90. The number of anilines is 1. The van der Waals surface area contributed by atoms with Crippen LogP contribution in [0, 0.1) is 5.92 Å². The molecule has 1 amide bonds. The SMILES string of the molecule is CC(=O)N1CCc2ccc(S(=O)(=O)N3CCC(C(C)N)C3)cc21. The predicted octanol–water partition coefficient (Wildman–Crippen LogP) is 0.953. The number of carbonyl (C=O) groups excluding carboxylic acids is 1. The summed E-state index contributed by atoms with van der Waals surface area (Å²) in [4.78, 5) is 13.6. The Morgan fingerprint density at radius 1 is 1.35 bits per heavy atom. The minimum atomic E-state index is -3.54. The summed E-state index contributed by atoms with van der Waals surface area (Å²) >= 11 is 0. The van der Waals surface area contributed by atoms with E-state index >= 15 is 0 Å². The normalized spacial score (nSPS) is 23.1. The van der Waals surface area contributed by atoms with Crippen molar-refractivity contribution in [1.29, 1.82) is 0 Å². The summed E-state index contributed by atoms with van der Waals surface area (Å²) in [7, 11) is -3.54. The van der Waals surface area contributed by atoms with Gasteiger partial charge in [0.2, 0.25) is 15.9 Å². The van der Waals surface area contributed by atoms with Crippen LogP contribution in [0.2, 0.25) is 0 Å². The zero-order chi connectivity index (χ0) is 16.8. The summed E-state index contributed by atoms with van der Waals surface area (Å²) in [5.41, 5.74) is 7.65. The number of nitrogens with two attached hydrogens (primary N) is 1. The topological polar surface area (TPSA) is 83.7 Å². The Bertz CT molecular complexity index is 730. The molecule has 7 heteroatoms. The fourth-order valence-corrected chi connectivity index (χ4v) is 4.93. The summed E-state index contributed by atoms with van der Waals surface area (Å²) in [6, 6.07) is 5.10. The monoisotopic (exact) mass is 337 g/mol. The van der Waals surface area contributed by atoms with Gasteiger partial charge in [-0.25, -0.2) is 8.42 Å². The van der Waals surface area contributed by atoms with Gasteiger partial charge in [0.25, 0.3) is 0 Å².